The van der Waals surface area contributed by atoms with Gasteiger partial charge in [0.25, 0.3) is 0 Å². The molecule has 0 radical (unpaired) electrons. The number of halogens is 1. The van der Waals surface area contributed by atoms with E-state index in [1.54, 1.807) is 20.1 Å². The fourth-order valence-corrected chi connectivity index (χ4v) is 1.67. The highest BCUT2D eigenvalue weighted by Gasteiger charge is 2.15. The summed E-state index contributed by atoms with van der Waals surface area (Å²) in [5.41, 5.74) is 1.19. The number of ether oxygens (including phenoxy) is 2. The molecule has 0 N–H and O–H groups in total. The number of hydrogen-bond acceptors (Lipinski definition) is 4. The molecular formula is C13H18ClNO3. The van der Waals surface area contributed by atoms with Gasteiger partial charge in [0.15, 0.2) is 0 Å². The van der Waals surface area contributed by atoms with Crippen LogP contribution in [0.15, 0.2) is 12.1 Å². The van der Waals surface area contributed by atoms with Crippen molar-refractivity contribution in [1.29, 1.82) is 0 Å². The molecule has 0 aliphatic heterocycles. The monoisotopic (exact) mass is 271 g/mol. The van der Waals surface area contributed by atoms with Crippen LogP contribution in [-0.4, -0.2) is 30.8 Å². The quantitative estimate of drug-likeness (QED) is 0.610. The van der Waals surface area contributed by atoms with Crippen molar-refractivity contribution in [2.45, 2.75) is 32.8 Å². The maximum atomic E-state index is 11.9. The van der Waals surface area contributed by atoms with Crippen LogP contribution in [0.2, 0.25) is 5.15 Å². The molecule has 1 heterocycles. The van der Waals surface area contributed by atoms with Gasteiger partial charge in [-0.05, 0) is 25.0 Å². The third kappa shape index (κ3) is 4.27. The Hall–Kier alpha value is -1.13. The van der Waals surface area contributed by atoms with Crippen LogP contribution in [0.5, 0.6) is 0 Å². The molecule has 0 fully saturated rings. The van der Waals surface area contributed by atoms with Crippen LogP contribution < -0.4 is 0 Å². The smallest absolute Gasteiger partial charge is 0.338 e. The second-order valence-electron chi connectivity index (χ2n) is 4.43. The summed E-state index contributed by atoms with van der Waals surface area (Å²) in [6.07, 6.45) is -0.294. The first-order chi connectivity index (χ1) is 8.43. The summed E-state index contributed by atoms with van der Waals surface area (Å²) >= 11 is 5.89. The topological polar surface area (TPSA) is 48.4 Å². The second-order valence-corrected chi connectivity index (χ2v) is 4.82. The van der Waals surface area contributed by atoms with Gasteiger partial charge in [0.05, 0.1) is 12.2 Å². The van der Waals surface area contributed by atoms with Crippen molar-refractivity contribution in [1.82, 2.24) is 4.98 Å². The van der Waals surface area contributed by atoms with Crippen LogP contribution in [0.3, 0.4) is 0 Å². The molecule has 0 aliphatic carbocycles. The van der Waals surface area contributed by atoms with Crippen molar-refractivity contribution in [3.05, 3.63) is 28.5 Å². The highest BCUT2D eigenvalue weighted by Crippen LogP contribution is 2.18. The molecule has 1 atom stereocenters. The Morgan fingerprint density at radius 3 is 2.61 bits per heavy atom. The number of carbonyl (C=O) groups is 1. The van der Waals surface area contributed by atoms with E-state index in [9.17, 15) is 4.79 Å². The molecule has 1 unspecified atom stereocenters. The van der Waals surface area contributed by atoms with E-state index in [0.717, 1.165) is 5.69 Å². The Morgan fingerprint density at radius 2 is 2.06 bits per heavy atom. The van der Waals surface area contributed by atoms with E-state index >= 15 is 0 Å². The van der Waals surface area contributed by atoms with Crippen molar-refractivity contribution in [3.8, 4) is 0 Å². The van der Waals surface area contributed by atoms with Crippen LogP contribution in [-0.2, 0) is 9.47 Å². The van der Waals surface area contributed by atoms with E-state index in [0.29, 0.717) is 17.3 Å². The molecule has 100 valence electrons. The van der Waals surface area contributed by atoms with E-state index in [4.69, 9.17) is 21.1 Å². The van der Waals surface area contributed by atoms with E-state index in [-0.39, 0.29) is 12.0 Å². The number of pyridine rings is 1. The van der Waals surface area contributed by atoms with Gasteiger partial charge in [-0.1, -0.05) is 25.4 Å². The van der Waals surface area contributed by atoms with Crippen LogP contribution in [0, 0.1) is 0 Å². The molecule has 5 heteroatoms. The number of aromatic nitrogens is 1. The number of esters is 1. The summed E-state index contributed by atoms with van der Waals surface area (Å²) in [7, 11) is 1.56. The minimum Gasteiger partial charge on any atom is -0.457 e. The molecule has 1 aromatic rings. The Kier molecular flexibility index (Phi) is 5.56. The van der Waals surface area contributed by atoms with E-state index in [2.05, 4.69) is 4.98 Å². The fourth-order valence-electron chi connectivity index (χ4n) is 1.45. The Morgan fingerprint density at radius 1 is 1.39 bits per heavy atom. The maximum absolute atomic E-state index is 11.9. The van der Waals surface area contributed by atoms with E-state index in [1.165, 1.54) is 6.07 Å². The lowest BCUT2D eigenvalue weighted by molar-refractivity contribution is 0.0120. The highest BCUT2D eigenvalue weighted by molar-refractivity contribution is 6.29. The first kappa shape index (κ1) is 14.9. The summed E-state index contributed by atoms with van der Waals surface area (Å²) in [5, 5.41) is 0.299. The molecule has 0 bridgehead atoms. The van der Waals surface area contributed by atoms with Crippen LogP contribution in [0.25, 0.3) is 0 Å². The molecule has 18 heavy (non-hydrogen) atoms. The van der Waals surface area contributed by atoms with Gasteiger partial charge in [0, 0.05) is 12.8 Å². The standard InChI is InChI=1S/C13H18ClNO3/c1-8(2)11-5-10(6-12(14)15-11)13(16)18-9(3)7-17-4/h5-6,8-9H,7H2,1-4H3. The summed E-state index contributed by atoms with van der Waals surface area (Å²) < 4.78 is 10.1. The third-order valence-electron chi connectivity index (χ3n) is 2.35. The van der Waals surface area contributed by atoms with Gasteiger partial charge in [0.1, 0.15) is 11.3 Å². The lowest BCUT2D eigenvalue weighted by atomic mass is 10.1. The number of methoxy groups -OCH3 is 1. The van der Waals surface area contributed by atoms with Crippen molar-refractivity contribution in [2.75, 3.05) is 13.7 Å². The highest BCUT2D eigenvalue weighted by atomic mass is 35.5. The number of hydrogen-bond donors (Lipinski definition) is 0. The second kappa shape index (κ2) is 6.71. The number of nitrogens with zero attached hydrogens (tertiary/aromatic N) is 1. The zero-order valence-electron chi connectivity index (χ0n) is 11.1. The first-order valence-electron chi connectivity index (χ1n) is 5.81. The summed E-state index contributed by atoms with van der Waals surface area (Å²) in [6.45, 7) is 6.11. The molecule has 0 spiro atoms. The van der Waals surface area contributed by atoms with Crippen molar-refractivity contribution >= 4 is 17.6 Å². The largest absolute Gasteiger partial charge is 0.457 e. The summed E-state index contributed by atoms with van der Waals surface area (Å²) in [6, 6.07) is 3.22. The molecule has 0 aromatic carbocycles. The van der Waals surface area contributed by atoms with Gasteiger partial charge < -0.3 is 9.47 Å². The molecule has 1 rings (SSSR count). The fraction of sp³-hybridized carbons (Fsp3) is 0.538. The predicted molar refractivity (Wildman–Crippen MR) is 70.1 cm³/mol. The Balaban J connectivity index is 2.85. The SMILES string of the molecule is COCC(C)OC(=O)c1cc(Cl)nc(C(C)C)c1. The lowest BCUT2D eigenvalue weighted by Gasteiger charge is -2.13. The van der Waals surface area contributed by atoms with Gasteiger partial charge in [-0.2, -0.15) is 0 Å². The van der Waals surface area contributed by atoms with Crippen LogP contribution in [0.1, 0.15) is 42.7 Å². The van der Waals surface area contributed by atoms with Crippen LogP contribution in [0.4, 0.5) is 0 Å². The first-order valence-corrected chi connectivity index (χ1v) is 6.19. The lowest BCUT2D eigenvalue weighted by Crippen LogP contribution is -2.20. The molecule has 0 amide bonds. The van der Waals surface area contributed by atoms with Crippen LogP contribution >= 0.6 is 11.6 Å². The van der Waals surface area contributed by atoms with Gasteiger partial charge in [0.2, 0.25) is 0 Å². The zero-order chi connectivity index (χ0) is 13.7. The van der Waals surface area contributed by atoms with E-state index in [1.807, 2.05) is 13.8 Å². The minimum atomic E-state index is -0.411. The Bertz CT molecular complexity index is 421. The molecule has 0 saturated carbocycles. The van der Waals surface area contributed by atoms with Crippen molar-refractivity contribution in [3.63, 3.8) is 0 Å². The predicted octanol–water partition coefficient (Wildman–Crippen LogP) is 3.05. The van der Waals surface area contributed by atoms with Gasteiger partial charge in [-0.3, -0.25) is 0 Å². The molecule has 0 aliphatic rings. The molecular weight excluding hydrogens is 254 g/mol. The minimum absolute atomic E-state index is 0.201. The maximum Gasteiger partial charge on any atom is 0.338 e. The normalized spacial score (nSPS) is 12.6. The Labute approximate surface area is 112 Å². The van der Waals surface area contributed by atoms with Gasteiger partial charge in [-0.15, -0.1) is 0 Å². The number of carbonyl (C=O) groups excluding carboxylic acids is 1. The molecule has 1 aromatic heterocycles. The zero-order valence-corrected chi connectivity index (χ0v) is 11.8. The number of rotatable bonds is 5. The van der Waals surface area contributed by atoms with Crippen molar-refractivity contribution in [2.24, 2.45) is 0 Å². The van der Waals surface area contributed by atoms with Gasteiger partial charge in [-0.25, -0.2) is 9.78 Å². The van der Waals surface area contributed by atoms with Gasteiger partial charge >= 0.3 is 5.97 Å². The van der Waals surface area contributed by atoms with E-state index < -0.39 is 5.97 Å². The average Bonchev–Trinajstić information content (AvgIpc) is 2.28. The summed E-state index contributed by atoms with van der Waals surface area (Å²) in [4.78, 5) is 16.1. The third-order valence-corrected chi connectivity index (χ3v) is 2.54. The van der Waals surface area contributed by atoms with Crippen molar-refractivity contribution < 1.29 is 14.3 Å². The summed E-state index contributed by atoms with van der Waals surface area (Å²) in [5.74, 6) is -0.211. The molecule has 4 nitrogen and oxygen atoms in total. The average molecular weight is 272 g/mol. The molecule has 0 saturated heterocycles.